The first-order valence-corrected chi connectivity index (χ1v) is 6.70. The first kappa shape index (κ1) is 13.6. The zero-order valence-corrected chi connectivity index (χ0v) is 11.6. The van der Waals surface area contributed by atoms with E-state index >= 15 is 0 Å². The summed E-state index contributed by atoms with van der Waals surface area (Å²) in [6, 6.07) is 11.5. The number of nitrogens with one attached hydrogen (secondary N) is 1. The van der Waals surface area contributed by atoms with Crippen LogP contribution in [0.1, 0.15) is 17.2 Å². The lowest BCUT2D eigenvalue weighted by molar-refractivity contribution is -0.116. The number of rotatable bonds is 3. The number of carbonyl (C=O) groups is 1. The van der Waals surface area contributed by atoms with Crippen LogP contribution in [-0.4, -0.2) is 13.0 Å². The van der Waals surface area contributed by atoms with Gasteiger partial charge in [-0.25, -0.2) is 4.39 Å². The van der Waals surface area contributed by atoms with E-state index in [1.165, 1.54) is 12.1 Å². The molecule has 1 unspecified atom stereocenters. The quantitative estimate of drug-likeness (QED) is 0.910. The fourth-order valence-corrected chi connectivity index (χ4v) is 2.47. The van der Waals surface area contributed by atoms with Gasteiger partial charge in [-0.1, -0.05) is 18.2 Å². The predicted octanol–water partition coefficient (Wildman–Crippen LogP) is 2.41. The van der Waals surface area contributed by atoms with Crippen molar-refractivity contribution in [1.82, 2.24) is 0 Å². The van der Waals surface area contributed by atoms with Crippen LogP contribution in [0.15, 0.2) is 42.5 Å². The van der Waals surface area contributed by atoms with Gasteiger partial charge in [0.25, 0.3) is 0 Å². The first-order valence-electron chi connectivity index (χ1n) is 6.70. The molecule has 0 aliphatic carbocycles. The molecule has 4 nitrogen and oxygen atoms in total. The molecule has 2 aromatic rings. The molecule has 3 N–H and O–H groups in total. The number of hydrogen-bond acceptors (Lipinski definition) is 3. The normalized spacial score (nSPS) is 16.5. The van der Waals surface area contributed by atoms with Crippen molar-refractivity contribution in [2.75, 3.05) is 17.3 Å². The number of carbonyl (C=O) groups excluding carboxylic acids is 1. The Balaban J connectivity index is 1.80. The molecule has 1 aliphatic rings. The van der Waals surface area contributed by atoms with E-state index in [9.17, 15) is 9.18 Å². The van der Waals surface area contributed by atoms with Crippen LogP contribution in [0.25, 0.3) is 0 Å². The summed E-state index contributed by atoms with van der Waals surface area (Å²) < 4.78 is 12.9. The Kier molecular flexibility index (Phi) is 3.35. The molecule has 2 aromatic carbocycles. The van der Waals surface area contributed by atoms with Gasteiger partial charge in [-0.05, 0) is 29.8 Å². The molecule has 1 aliphatic heterocycles. The Hall–Kier alpha value is -2.40. The summed E-state index contributed by atoms with van der Waals surface area (Å²) in [5.74, 6) is -0.418. The highest BCUT2D eigenvalue weighted by molar-refractivity contribution is 6.02. The van der Waals surface area contributed by atoms with Crippen molar-refractivity contribution in [3.8, 4) is 0 Å². The average molecular weight is 285 g/mol. The lowest BCUT2D eigenvalue weighted by atomic mass is 10.1. The highest BCUT2D eigenvalue weighted by atomic mass is 19.1. The lowest BCUT2D eigenvalue weighted by Gasteiger charge is -2.20. The second kappa shape index (κ2) is 5.18. The van der Waals surface area contributed by atoms with E-state index in [4.69, 9.17) is 5.73 Å². The second-order valence-corrected chi connectivity index (χ2v) is 5.22. The van der Waals surface area contributed by atoms with Gasteiger partial charge in [0.05, 0.1) is 0 Å². The van der Waals surface area contributed by atoms with Gasteiger partial charge in [0, 0.05) is 30.5 Å². The van der Waals surface area contributed by atoms with Crippen LogP contribution >= 0.6 is 0 Å². The minimum absolute atomic E-state index is 0.177. The lowest BCUT2D eigenvalue weighted by Crippen LogP contribution is -2.19. The highest BCUT2D eigenvalue weighted by Gasteiger charge is 2.27. The minimum Gasteiger partial charge on any atom is -0.370 e. The van der Waals surface area contributed by atoms with Crippen molar-refractivity contribution in [2.24, 2.45) is 5.73 Å². The van der Waals surface area contributed by atoms with Gasteiger partial charge >= 0.3 is 0 Å². The number of benzene rings is 2. The van der Waals surface area contributed by atoms with E-state index in [1.807, 2.05) is 30.1 Å². The molecule has 0 spiro atoms. The molecule has 1 heterocycles. The summed E-state index contributed by atoms with van der Waals surface area (Å²) in [6.07, 6.45) is 0. The Bertz CT molecular complexity index is 684. The molecule has 5 heteroatoms. The molecular weight excluding hydrogens is 269 g/mol. The zero-order valence-electron chi connectivity index (χ0n) is 11.6. The molecule has 3 rings (SSSR count). The van der Waals surface area contributed by atoms with Crippen molar-refractivity contribution in [3.05, 3.63) is 59.4 Å². The van der Waals surface area contributed by atoms with Crippen molar-refractivity contribution < 1.29 is 9.18 Å². The van der Waals surface area contributed by atoms with Crippen LogP contribution in [0.2, 0.25) is 0 Å². The van der Waals surface area contributed by atoms with E-state index in [-0.39, 0.29) is 11.7 Å². The van der Waals surface area contributed by atoms with Crippen LogP contribution in [0.3, 0.4) is 0 Å². The van der Waals surface area contributed by atoms with Crippen LogP contribution in [0, 0.1) is 5.82 Å². The number of fused-ring (bicyclic) bond motifs is 1. The fourth-order valence-electron chi connectivity index (χ4n) is 2.47. The number of hydrogen-bond donors (Lipinski definition) is 2. The molecule has 0 radical (unpaired) electrons. The molecule has 1 atom stereocenters. The number of halogens is 1. The summed E-state index contributed by atoms with van der Waals surface area (Å²) in [7, 11) is 1.95. The van der Waals surface area contributed by atoms with E-state index in [1.54, 1.807) is 12.1 Å². The van der Waals surface area contributed by atoms with E-state index in [0.717, 1.165) is 22.5 Å². The Labute approximate surface area is 122 Å². The number of anilines is 2. The van der Waals surface area contributed by atoms with E-state index in [0.29, 0.717) is 6.54 Å². The molecule has 0 aromatic heterocycles. The molecule has 0 saturated heterocycles. The average Bonchev–Trinajstić information content (AvgIpc) is 2.76. The molecule has 0 saturated carbocycles. The molecule has 21 heavy (non-hydrogen) atoms. The van der Waals surface area contributed by atoms with Gasteiger partial charge < -0.3 is 16.0 Å². The van der Waals surface area contributed by atoms with Crippen molar-refractivity contribution in [3.63, 3.8) is 0 Å². The molecule has 0 bridgehead atoms. The zero-order chi connectivity index (χ0) is 15.0. The minimum atomic E-state index is -0.587. The Morgan fingerprint density at radius 2 is 1.95 bits per heavy atom. The van der Waals surface area contributed by atoms with Gasteiger partial charge in [0.15, 0.2) is 0 Å². The second-order valence-electron chi connectivity index (χ2n) is 5.22. The largest absolute Gasteiger partial charge is 0.370 e. The van der Waals surface area contributed by atoms with E-state index < -0.39 is 6.04 Å². The summed E-state index contributed by atoms with van der Waals surface area (Å²) in [5, 5.41) is 2.77. The third kappa shape index (κ3) is 2.60. The molecule has 1 amide bonds. The molecular formula is C16H16FN3O. The van der Waals surface area contributed by atoms with Crippen molar-refractivity contribution in [1.29, 1.82) is 0 Å². The summed E-state index contributed by atoms with van der Waals surface area (Å²) in [4.78, 5) is 13.6. The SMILES string of the molecule is CN(Cc1ccc(F)cc1)c1ccc2c(c1)NC(=O)C2N. The monoisotopic (exact) mass is 285 g/mol. The number of nitrogens with two attached hydrogens (primary N) is 1. The van der Waals surface area contributed by atoms with Crippen molar-refractivity contribution >= 4 is 17.3 Å². The van der Waals surface area contributed by atoms with E-state index in [2.05, 4.69) is 5.32 Å². The Morgan fingerprint density at radius 3 is 2.67 bits per heavy atom. The maximum absolute atomic E-state index is 12.9. The summed E-state index contributed by atoms with van der Waals surface area (Å²) in [6.45, 7) is 0.652. The van der Waals surface area contributed by atoms with Gasteiger partial charge in [0.1, 0.15) is 11.9 Å². The summed E-state index contributed by atoms with van der Waals surface area (Å²) >= 11 is 0. The van der Waals surface area contributed by atoms with Crippen molar-refractivity contribution in [2.45, 2.75) is 12.6 Å². The maximum atomic E-state index is 12.9. The molecule has 108 valence electrons. The summed E-state index contributed by atoms with van der Waals surface area (Å²) in [5.41, 5.74) is 9.35. The third-order valence-corrected chi connectivity index (χ3v) is 3.69. The van der Waals surface area contributed by atoms with Crippen LogP contribution < -0.4 is 16.0 Å². The maximum Gasteiger partial charge on any atom is 0.245 e. The first-order chi connectivity index (χ1) is 10.0. The molecule has 0 fully saturated rings. The Morgan fingerprint density at radius 1 is 1.24 bits per heavy atom. The topological polar surface area (TPSA) is 58.4 Å². The highest BCUT2D eigenvalue weighted by Crippen LogP contribution is 2.32. The van der Waals surface area contributed by atoms with Crippen LogP contribution in [0.5, 0.6) is 0 Å². The van der Waals surface area contributed by atoms with Gasteiger partial charge in [-0.3, -0.25) is 4.79 Å². The van der Waals surface area contributed by atoms with Gasteiger partial charge in [-0.2, -0.15) is 0 Å². The fraction of sp³-hybridized carbons (Fsp3) is 0.188. The van der Waals surface area contributed by atoms with Gasteiger partial charge in [0.2, 0.25) is 5.91 Å². The number of amides is 1. The number of nitrogens with zero attached hydrogens (tertiary/aromatic N) is 1. The smallest absolute Gasteiger partial charge is 0.245 e. The standard InChI is InChI=1S/C16H16FN3O/c1-20(9-10-2-4-11(17)5-3-10)12-6-7-13-14(8-12)19-16(21)15(13)18/h2-8,15H,9,18H2,1H3,(H,19,21). The van der Waals surface area contributed by atoms with Crippen LogP contribution in [0.4, 0.5) is 15.8 Å². The third-order valence-electron chi connectivity index (χ3n) is 3.69. The predicted molar refractivity (Wildman–Crippen MR) is 80.5 cm³/mol. The van der Waals surface area contributed by atoms with Crippen LogP contribution in [-0.2, 0) is 11.3 Å². The van der Waals surface area contributed by atoms with Gasteiger partial charge in [-0.15, -0.1) is 0 Å².